The Morgan fingerprint density at radius 3 is 2.43 bits per heavy atom. The summed E-state index contributed by atoms with van der Waals surface area (Å²) < 4.78 is 10.8. The molecule has 0 aliphatic heterocycles. The van der Waals surface area contributed by atoms with Gasteiger partial charge < -0.3 is 9.47 Å². The lowest BCUT2D eigenvalue weighted by Crippen LogP contribution is -2.34. The molecule has 2 bridgehead atoms. The average Bonchev–Trinajstić information content (AvgIpc) is 3.24. The SMILES string of the molecule is CCCCOCOC(=O)C1CC2CC1C1C(CC)CC(CC)C21. The third-order valence-corrected chi connectivity index (χ3v) is 7.10. The molecule has 3 saturated carbocycles. The Balaban J connectivity index is 1.55. The highest BCUT2D eigenvalue weighted by Crippen LogP contribution is 2.65. The molecule has 0 heterocycles. The number of carbonyl (C=O) groups excluding carboxylic acids is 1. The fourth-order valence-electron chi connectivity index (χ4n) is 6.18. The van der Waals surface area contributed by atoms with Gasteiger partial charge >= 0.3 is 5.97 Å². The summed E-state index contributed by atoms with van der Waals surface area (Å²) in [6.07, 6.45) is 8.50. The monoisotopic (exact) mass is 322 g/mol. The van der Waals surface area contributed by atoms with E-state index in [1.165, 1.54) is 25.7 Å². The van der Waals surface area contributed by atoms with Crippen molar-refractivity contribution in [1.82, 2.24) is 0 Å². The van der Waals surface area contributed by atoms with Gasteiger partial charge in [0.1, 0.15) is 0 Å². The zero-order valence-electron chi connectivity index (χ0n) is 15.1. The van der Waals surface area contributed by atoms with Gasteiger partial charge in [0, 0.05) is 0 Å². The second-order valence-corrected chi connectivity index (χ2v) is 8.07. The van der Waals surface area contributed by atoms with E-state index >= 15 is 0 Å². The van der Waals surface area contributed by atoms with Crippen LogP contribution in [0.2, 0.25) is 0 Å². The highest BCUT2D eigenvalue weighted by Gasteiger charge is 2.61. The first-order valence-corrected chi connectivity index (χ1v) is 9.95. The first kappa shape index (κ1) is 17.3. The summed E-state index contributed by atoms with van der Waals surface area (Å²) in [6.45, 7) is 7.67. The minimum Gasteiger partial charge on any atom is -0.438 e. The van der Waals surface area contributed by atoms with E-state index in [-0.39, 0.29) is 18.7 Å². The van der Waals surface area contributed by atoms with Crippen molar-refractivity contribution in [3.8, 4) is 0 Å². The first-order valence-electron chi connectivity index (χ1n) is 9.95. The molecule has 0 aromatic carbocycles. The highest BCUT2D eigenvalue weighted by atomic mass is 16.7. The predicted octanol–water partition coefficient (Wildman–Crippen LogP) is 4.65. The van der Waals surface area contributed by atoms with Crippen LogP contribution < -0.4 is 0 Å². The van der Waals surface area contributed by atoms with Gasteiger partial charge in [-0.2, -0.15) is 0 Å². The van der Waals surface area contributed by atoms with Crippen molar-refractivity contribution in [2.24, 2.45) is 41.4 Å². The van der Waals surface area contributed by atoms with Crippen LogP contribution in [0.1, 0.15) is 65.7 Å². The smallest absolute Gasteiger partial charge is 0.311 e. The number of carbonyl (C=O) groups is 1. The topological polar surface area (TPSA) is 35.5 Å². The summed E-state index contributed by atoms with van der Waals surface area (Å²) in [5, 5.41) is 0. The van der Waals surface area contributed by atoms with Gasteiger partial charge in [-0.25, -0.2) is 0 Å². The number of rotatable bonds is 8. The molecule has 7 atom stereocenters. The van der Waals surface area contributed by atoms with E-state index in [1.54, 1.807) is 0 Å². The van der Waals surface area contributed by atoms with Gasteiger partial charge in [-0.15, -0.1) is 0 Å². The van der Waals surface area contributed by atoms with Gasteiger partial charge in [0.25, 0.3) is 0 Å². The van der Waals surface area contributed by atoms with Crippen molar-refractivity contribution in [3.63, 3.8) is 0 Å². The quantitative estimate of drug-likeness (QED) is 0.371. The van der Waals surface area contributed by atoms with Gasteiger partial charge in [0.15, 0.2) is 6.79 Å². The van der Waals surface area contributed by atoms with Crippen molar-refractivity contribution in [2.45, 2.75) is 65.7 Å². The minimum atomic E-state index is 0.0160. The summed E-state index contributed by atoms with van der Waals surface area (Å²) in [5.41, 5.74) is 0. The molecule has 0 spiro atoms. The molecule has 3 aliphatic carbocycles. The summed E-state index contributed by atoms with van der Waals surface area (Å²) in [7, 11) is 0. The Morgan fingerprint density at radius 2 is 1.74 bits per heavy atom. The number of esters is 1. The maximum absolute atomic E-state index is 12.5. The van der Waals surface area contributed by atoms with Crippen LogP contribution in [-0.2, 0) is 14.3 Å². The van der Waals surface area contributed by atoms with Crippen LogP contribution in [0.25, 0.3) is 0 Å². The molecule has 0 aromatic rings. The number of hydrogen-bond donors (Lipinski definition) is 0. The molecule has 0 aromatic heterocycles. The molecule has 23 heavy (non-hydrogen) atoms. The Kier molecular flexibility index (Phi) is 5.66. The van der Waals surface area contributed by atoms with E-state index in [4.69, 9.17) is 9.47 Å². The van der Waals surface area contributed by atoms with Crippen LogP contribution in [-0.4, -0.2) is 19.4 Å². The predicted molar refractivity (Wildman–Crippen MR) is 90.7 cm³/mol. The van der Waals surface area contributed by atoms with Crippen LogP contribution in [0.3, 0.4) is 0 Å². The molecule has 3 nitrogen and oxygen atoms in total. The van der Waals surface area contributed by atoms with Crippen LogP contribution >= 0.6 is 0 Å². The lowest BCUT2D eigenvalue weighted by atomic mass is 9.70. The molecule has 132 valence electrons. The average molecular weight is 322 g/mol. The lowest BCUT2D eigenvalue weighted by Gasteiger charge is -2.34. The molecular weight excluding hydrogens is 288 g/mol. The molecule has 3 rings (SSSR count). The summed E-state index contributed by atoms with van der Waals surface area (Å²) in [4.78, 5) is 12.5. The maximum Gasteiger partial charge on any atom is 0.311 e. The first-order chi connectivity index (χ1) is 11.2. The van der Waals surface area contributed by atoms with E-state index in [9.17, 15) is 4.79 Å². The summed E-state index contributed by atoms with van der Waals surface area (Å²) in [5.74, 6) is 5.00. The molecule has 0 saturated heterocycles. The van der Waals surface area contributed by atoms with E-state index in [1.807, 2.05) is 0 Å². The second-order valence-electron chi connectivity index (χ2n) is 8.07. The largest absolute Gasteiger partial charge is 0.438 e. The lowest BCUT2D eigenvalue weighted by molar-refractivity contribution is -0.164. The summed E-state index contributed by atoms with van der Waals surface area (Å²) in [6, 6.07) is 0. The van der Waals surface area contributed by atoms with E-state index in [0.717, 1.165) is 48.9 Å². The fraction of sp³-hybridized carbons (Fsp3) is 0.950. The van der Waals surface area contributed by atoms with Crippen molar-refractivity contribution >= 4 is 5.97 Å². The fourth-order valence-corrected chi connectivity index (χ4v) is 6.18. The van der Waals surface area contributed by atoms with Crippen molar-refractivity contribution < 1.29 is 14.3 Å². The Hall–Kier alpha value is -0.570. The van der Waals surface area contributed by atoms with Gasteiger partial charge in [-0.05, 0) is 61.2 Å². The third-order valence-electron chi connectivity index (χ3n) is 7.10. The number of hydrogen-bond acceptors (Lipinski definition) is 3. The number of unbranched alkanes of at least 4 members (excludes halogenated alkanes) is 1. The molecule has 0 N–H and O–H groups in total. The van der Waals surface area contributed by atoms with Crippen molar-refractivity contribution in [1.29, 1.82) is 0 Å². The number of ether oxygens (including phenoxy) is 2. The number of fused-ring (bicyclic) bond motifs is 5. The Morgan fingerprint density at radius 1 is 1.00 bits per heavy atom. The van der Waals surface area contributed by atoms with Crippen LogP contribution in [0.5, 0.6) is 0 Å². The molecular formula is C20H34O3. The molecule has 0 amide bonds. The van der Waals surface area contributed by atoms with Gasteiger partial charge in [0.05, 0.1) is 12.5 Å². The highest BCUT2D eigenvalue weighted by molar-refractivity contribution is 5.73. The summed E-state index contributed by atoms with van der Waals surface area (Å²) >= 11 is 0. The normalized spacial score (nSPS) is 41.3. The van der Waals surface area contributed by atoms with E-state index in [2.05, 4.69) is 20.8 Å². The third kappa shape index (κ3) is 3.18. The molecule has 7 unspecified atom stereocenters. The van der Waals surface area contributed by atoms with Crippen molar-refractivity contribution in [3.05, 3.63) is 0 Å². The zero-order valence-corrected chi connectivity index (χ0v) is 15.1. The standard InChI is InChI=1S/C20H34O3/c1-4-7-8-22-12-23-20(21)17-11-15-10-16(17)19-14(6-3)9-13(5-2)18(15)19/h13-19H,4-12H2,1-3H3. The van der Waals surface area contributed by atoms with Gasteiger partial charge in [-0.3, -0.25) is 4.79 Å². The molecule has 0 radical (unpaired) electrons. The van der Waals surface area contributed by atoms with Gasteiger partial charge in [0.2, 0.25) is 0 Å². The zero-order chi connectivity index (χ0) is 16.4. The van der Waals surface area contributed by atoms with E-state index in [0.29, 0.717) is 12.5 Å². The van der Waals surface area contributed by atoms with E-state index < -0.39 is 0 Å². The van der Waals surface area contributed by atoms with Crippen LogP contribution in [0, 0.1) is 41.4 Å². The minimum absolute atomic E-state index is 0.0160. The Bertz CT molecular complexity index is 408. The van der Waals surface area contributed by atoms with Crippen LogP contribution in [0.15, 0.2) is 0 Å². The van der Waals surface area contributed by atoms with Crippen molar-refractivity contribution in [2.75, 3.05) is 13.4 Å². The maximum atomic E-state index is 12.5. The molecule has 3 aliphatic rings. The Labute approximate surface area is 141 Å². The molecule has 3 fully saturated rings. The molecule has 3 heteroatoms. The van der Waals surface area contributed by atoms with Gasteiger partial charge in [-0.1, -0.05) is 40.0 Å². The van der Waals surface area contributed by atoms with Crippen LogP contribution in [0.4, 0.5) is 0 Å². The second kappa shape index (κ2) is 7.55.